The number of anilines is 2. The van der Waals surface area contributed by atoms with E-state index in [0.29, 0.717) is 84.9 Å². The number of amides is 3. The number of imidazole rings is 1. The number of Topliss-reactive ketones (excluding diaryl/α,β-unsaturated/α-hetero) is 2. The van der Waals surface area contributed by atoms with Crippen molar-refractivity contribution < 1.29 is 67.4 Å². The number of hydrogen-bond donors (Lipinski definition) is 5. The minimum absolute atomic E-state index is 0.0535. The molecule has 3 aromatic rings. The van der Waals surface area contributed by atoms with Crippen LogP contribution in [0.1, 0.15) is 142 Å². The number of rotatable bonds is 22. The molecular formula is C71H105N9O15S2. The molecule has 3 saturated heterocycles. The van der Waals surface area contributed by atoms with Crippen molar-refractivity contribution in [3.05, 3.63) is 81.6 Å². The van der Waals surface area contributed by atoms with Gasteiger partial charge in [0.1, 0.15) is 41.7 Å². The van der Waals surface area contributed by atoms with Crippen LogP contribution < -0.4 is 21.6 Å². The van der Waals surface area contributed by atoms with E-state index in [2.05, 4.69) is 38.2 Å². The minimum Gasteiger partial charge on any atom is -0.456 e. The van der Waals surface area contributed by atoms with Gasteiger partial charge in [-0.1, -0.05) is 85.1 Å². The van der Waals surface area contributed by atoms with E-state index in [1.54, 1.807) is 69.0 Å². The molecule has 6 N–H and O–H groups in total. The Bertz CT molecular complexity index is 3300. The van der Waals surface area contributed by atoms with Gasteiger partial charge in [-0.25, -0.2) is 24.4 Å². The molecule has 4 fully saturated rings. The highest BCUT2D eigenvalue weighted by molar-refractivity contribution is 8.76. The standard InChI is InChI=1S/C71H105N9O15S2/c1-44-33-45(2)35-53(43-90-7)64-59(92-9)37-47(4)71(89,95-64)65(84)67(85)78-27-14-11-20-55(78)68(86)94-63(46(3)36-50-17-15-19-54(39-50)91-8)49(6)57(81)40-58(82)52(34-44)18-16-21-61(83)73-24-31-96-97-32-30-93-70(88)79(29-28-77-25-12-10-13-26-77)60-23-22-51(41-74-60)42-80-56-38-48(5)75-66(72)62(56)76-69(80)87/h16,21-23,34,36,38,41,45,47,49-50,52-55,57,59,63-64,81,89H,10-15,17-20,24-33,35,37,39-40,42-43H2,1-9H3,(H2,72,75)(H,73,83)(H,76,87)/b21-16+,44-34-,46-36+/t45?,47?,49-,50+,52+,53?,54?,55?,57?,59?,63-,64?,71?/m1/s1. The van der Waals surface area contributed by atoms with Crippen LogP contribution >= 0.6 is 21.6 Å². The number of ketones is 2. The minimum atomic E-state index is -2.54. The maximum absolute atomic E-state index is 14.7. The van der Waals surface area contributed by atoms with Gasteiger partial charge < -0.3 is 64.5 Å². The van der Waals surface area contributed by atoms with Crippen molar-refractivity contribution in [3.63, 3.8) is 0 Å². The van der Waals surface area contributed by atoms with E-state index >= 15 is 0 Å². The van der Waals surface area contributed by atoms with Crippen LogP contribution in [0.15, 0.2) is 64.6 Å². The Morgan fingerprint density at radius 2 is 1.70 bits per heavy atom. The van der Waals surface area contributed by atoms with E-state index in [0.717, 1.165) is 62.8 Å². The predicted octanol–water partition coefficient (Wildman–Crippen LogP) is 8.28. The number of nitrogens with two attached hydrogens (primary N) is 1. The van der Waals surface area contributed by atoms with Crippen LogP contribution in [0.5, 0.6) is 0 Å². The molecule has 8 rings (SSSR count). The summed E-state index contributed by atoms with van der Waals surface area (Å²) in [5.74, 6) is -7.22. The summed E-state index contributed by atoms with van der Waals surface area (Å²) in [4.78, 5) is 115. The van der Waals surface area contributed by atoms with Crippen LogP contribution in [0.4, 0.5) is 16.4 Å². The molecule has 4 aliphatic heterocycles. The number of piperidine rings is 2. The van der Waals surface area contributed by atoms with Crippen molar-refractivity contribution in [3.8, 4) is 0 Å². The fourth-order valence-electron chi connectivity index (χ4n) is 14.6. The van der Waals surface area contributed by atoms with E-state index in [9.17, 15) is 43.8 Å². The number of carbonyl (C=O) groups excluding carboxylic acids is 6. The van der Waals surface area contributed by atoms with Gasteiger partial charge in [0.05, 0.1) is 43.1 Å². The first kappa shape index (κ1) is 76.8. The number of aromatic nitrogens is 4. The molecule has 26 heteroatoms. The topological polar surface area (TPSA) is 310 Å². The average molecular weight is 1390 g/mol. The molecule has 3 amide bonds. The molecule has 536 valence electrons. The molecule has 1 aliphatic carbocycles. The summed E-state index contributed by atoms with van der Waals surface area (Å²) in [6, 6.07) is 4.23. The zero-order valence-corrected chi connectivity index (χ0v) is 59.8. The quantitative estimate of drug-likeness (QED) is 0.0158. The third kappa shape index (κ3) is 20.8. The molecular weight excluding hydrogens is 1280 g/mol. The van der Waals surface area contributed by atoms with Crippen LogP contribution in [0.25, 0.3) is 11.0 Å². The van der Waals surface area contributed by atoms with Crippen molar-refractivity contribution >= 4 is 79.7 Å². The number of ether oxygens (including phenoxy) is 6. The van der Waals surface area contributed by atoms with Crippen molar-refractivity contribution in [1.29, 1.82) is 0 Å². The smallest absolute Gasteiger partial charge is 0.415 e. The summed E-state index contributed by atoms with van der Waals surface area (Å²) < 4.78 is 37.7. The Morgan fingerprint density at radius 1 is 0.938 bits per heavy atom. The van der Waals surface area contributed by atoms with Gasteiger partial charge in [0, 0.05) is 101 Å². The Kier molecular flexibility index (Phi) is 29.2. The van der Waals surface area contributed by atoms with Gasteiger partial charge >= 0.3 is 17.8 Å². The number of pyridine rings is 2. The summed E-state index contributed by atoms with van der Waals surface area (Å²) >= 11 is 0. The number of carbonyl (C=O) groups is 6. The number of allylic oxidation sites excluding steroid dienone is 4. The lowest BCUT2D eigenvalue weighted by atomic mass is 9.79. The number of H-pyrrole nitrogens is 1. The molecule has 5 aliphatic rings. The zero-order chi connectivity index (χ0) is 69.9. The van der Waals surface area contributed by atoms with E-state index in [-0.39, 0.29) is 93.1 Å². The van der Waals surface area contributed by atoms with Gasteiger partial charge in [-0.3, -0.25) is 28.6 Å². The number of esters is 1. The number of hydrogen-bond acceptors (Lipinski definition) is 21. The second-order valence-electron chi connectivity index (χ2n) is 27.4. The number of nitrogens with one attached hydrogen (secondary N) is 2. The Labute approximate surface area is 578 Å². The lowest BCUT2D eigenvalue weighted by Gasteiger charge is -2.47. The van der Waals surface area contributed by atoms with Gasteiger partial charge in [0.2, 0.25) is 11.7 Å². The van der Waals surface area contributed by atoms with Crippen LogP contribution in [0.3, 0.4) is 0 Å². The molecule has 0 radical (unpaired) electrons. The van der Waals surface area contributed by atoms with Gasteiger partial charge in [-0.05, 0) is 152 Å². The third-order valence-corrected chi connectivity index (χ3v) is 22.2. The molecule has 3 aromatic heterocycles. The second-order valence-corrected chi connectivity index (χ2v) is 30.1. The number of likely N-dealkylation sites (tertiary alicyclic amines) is 1. The first-order valence-corrected chi connectivity index (χ1v) is 37.2. The number of aryl methyl sites for hydroxylation is 1. The molecule has 24 nitrogen and oxygen atoms in total. The molecule has 7 heterocycles. The van der Waals surface area contributed by atoms with Crippen LogP contribution in [-0.4, -0.2) is 203 Å². The van der Waals surface area contributed by atoms with E-state index in [1.807, 2.05) is 32.9 Å². The van der Waals surface area contributed by atoms with Crippen molar-refractivity contribution in [2.75, 3.05) is 96.0 Å². The highest BCUT2D eigenvalue weighted by Gasteiger charge is 2.56. The molecule has 0 aromatic carbocycles. The van der Waals surface area contributed by atoms with Crippen molar-refractivity contribution in [1.82, 2.24) is 34.6 Å². The number of nitrogens with zero attached hydrogens (tertiary/aromatic N) is 6. The first-order valence-electron chi connectivity index (χ1n) is 34.7. The normalized spacial score (nSPS) is 29.3. The lowest BCUT2D eigenvalue weighted by Crippen LogP contribution is -2.64. The zero-order valence-electron chi connectivity index (χ0n) is 58.2. The van der Waals surface area contributed by atoms with Crippen LogP contribution in [0.2, 0.25) is 0 Å². The third-order valence-electron chi connectivity index (χ3n) is 19.9. The number of nitrogen functional groups attached to an aromatic ring is 1. The van der Waals surface area contributed by atoms with Gasteiger partial charge in [-0.2, -0.15) is 0 Å². The average Bonchev–Trinajstić information content (AvgIpc) is 1.77. The van der Waals surface area contributed by atoms with Gasteiger partial charge in [0.15, 0.2) is 0 Å². The monoisotopic (exact) mass is 1390 g/mol. The maximum Gasteiger partial charge on any atom is 0.415 e. The first-order chi connectivity index (χ1) is 46.5. The van der Waals surface area contributed by atoms with Gasteiger partial charge in [0.25, 0.3) is 11.7 Å². The van der Waals surface area contributed by atoms with Crippen LogP contribution in [0, 0.1) is 42.4 Å². The Morgan fingerprint density at radius 3 is 2.43 bits per heavy atom. The summed E-state index contributed by atoms with van der Waals surface area (Å²) in [5, 5.41) is 27.5. The van der Waals surface area contributed by atoms with E-state index in [4.69, 9.17) is 34.2 Å². The number of aromatic amines is 1. The number of methoxy groups -OCH3 is 3. The fraction of sp³-hybridized carbons (Fsp3) is 0.676. The van der Waals surface area contributed by atoms with Crippen LogP contribution in [-0.2, 0) is 58.9 Å². The summed E-state index contributed by atoms with van der Waals surface area (Å²) in [6.45, 7) is 15.0. The molecule has 97 heavy (non-hydrogen) atoms. The number of fused-ring (bicyclic) bond motifs is 4. The molecule has 2 bridgehead atoms. The molecule has 13 atom stereocenters. The maximum atomic E-state index is 14.7. The number of aliphatic hydroxyl groups excluding tert-OH is 1. The summed E-state index contributed by atoms with van der Waals surface area (Å²) in [6.07, 6.45) is 13.7. The number of cyclic esters (lactones) is 1. The highest BCUT2D eigenvalue weighted by atomic mass is 33.1. The Hall–Kier alpha value is -5.97. The van der Waals surface area contributed by atoms with Crippen molar-refractivity contribution in [2.45, 2.75) is 187 Å². The highest BCUT2D eigenvalue weighted by Crippen LogP contribution is 2.41. The molecule has 1 saturated carbocycles. The number of aliphatic hydroxyl groups is 2. The van der Waals surface area contributed by atoms with Gasteiger partial charge in [-0.15, -0.1) is 0 Å². The van der Waals surface area contributed by atoms with E-state index in [1.165, 1.54) is 39.0 Å². The second kappa shape index (κ2) is 36.9. The predicted molar refractivity (Wildman–Crippen MR) is 374 cm³/mol. The summed E-state index contributed by atoms with van der Waals surface area (Å²) in [7, 11) is 7.83. The molecule has 0 spiro atoms. The Balaban J connectivity index is 0.908. The summed E-state index contributed by atoms with van der Waals surface area (Å²) in [5.41, 5.74) is 9.89. The molecule has 9 unspecified atom stereocenters. The lowest BCUT2D eigenvalue weighted by molar-refractivity contribution is -0.297. The SMILES string of the molecule is COCC1CC(C)C/C(C)=C\[C@H](C/C=C/C(=O)NCCSSCCOC(=O)N(CCN2CCCCC2)c2ccc(Cn3c(=O)[nH]c4c(N)nc(C)cc43)cn2)C(=O)CC(O)[C@@H](C)[C@@H](/C(C)=C/[C@@H]2CCCC(OC)C2)OC(=O)C2CCCCN2C(=O)C(=O)C2(O)OC1C(OC)CC2C. The largest absolute Gasteiger partial charge is 0.456 e. The fourth-order valence-corrected chi connectivity index (χ4v) is 16.3. The van der Waals surface area contributed by atoms with E-state index < -0.39 is 83.7 Å². The van der Waals surface area contributed by atoms with Crippen molar-refractivity contribution in [2.24, 2.45) is 35.5 Å².